The van der Waals surface area contributed by atoms with Gasteiger partial charge in [-0.1, -0.05) is 44.6 Å². The van der Waals surface area contributed by atoms with Gasteiger partial charge in [0.1, 0.15) is 0 Å². The highest BCUT2D eigenvalue weighted by Crippen LogP contribution is 2.48. The average Bonchev–Trinajstić information content (AvgIpc) is 2.68. The molecule has 0 N–H and O–H groups in total. The summed E-state index contributed by atoms with van der Waals surface area (Å²) in [4.78, 5) is 0. The van der Waals surface area contributed by atoms with Gasteiger partial charge in [0.2, 0.25) is 0 Å². The second-order valence-corrected chi connectivity index (χ2v) is 10.2. The fourth-order valence-corrected chi connectivity index (χ4v) is 5.34. The molecule has 228 valence electrons. The van der Waals surface area contributed by atoms with Gasteiger partial charge in [0, 0.05) is 6.04 Å². The predicted molar refractivity (Wildman–Crippen MR) is 98.6 cm³/mol. The molecule has 3 nitrogen and oxygen atoms in total. The Morgan fingerprint density at radius 1 is 0.447 bits per heavy atom. The Bertz CT molecular complexity index is 649. The summed E-state index contributed by atoms with van der Waals surface area (Å²) in [6, 6.07) is -2.12. The van der Waals surface area contributed by atoms with Crippen LogP contribution in [0.15, 0.2) is 12.4 Å². The van der Waals surface area contributed by atoms with Crippen LogP contribution in [0.1, 0.15) is 57.8 Å². The largest absolute Gasteiger partial charge is 0.514 e. The van der Waals surface area contributed by atoms with Crippen molar-refractivity contribution in [3.8, 4) is 0 Å². The van der Waals surface area contributed by atoms with E-state index < -0.39 is 64.5 Å². The Labute approximate surface area is 206 Å². The van der Waals surface area contributed by atoms with E-state index in [0.717, 1.165) is 0 Å². The van der Waals surface area contributed by atoms with E-state index in [1.54, 1.807) is 0 Å². The molecule has 0 aliphatic heterocycles. The van der Waals surface area contributed by atoms with E-state index in [9.17, 15) is 70.2 Å². The zero-order chi connectivity index (χ0) is 30.1. The first-order valence-corrected chi connectivity index (χ1v) is 12.6. The molecule has 0 saturated carbocycles. The third-order valence-electron chi connectivity index (χ3n) is 4.53. The Hall–Kier alpha value is -1.28. The van der Waals surface area contributed by atoms with Gasteiger partial charge in [-0.05, 0) is 19.3 Å². The van der Waals surface area contributed by atoms with Crippen LogP contribution in [0.2, 0.25) is 6.04 Å². The molecule has 0 aliphatic rings. The van der Waals surface area contributed by atoms with Crippen molar-refractivity contribution in [2.45, 2.75) is 101 Å². The van der Waals surface area contributed by atoms with Crippen molar-refractivity contribution < 1.29 is 83.5 Å². The molecular weight excluding hydrogens is 596 g/mol. The zero-order valence-corrected chi connectivity index (χ0v) is 20.0. The van der Waals surface area contributed by atoms with Crippen LogP contribution in [0, 0.1) is 0 Å². The van der Waals surface area contributed by atoms with Crippen molar-refractivity contribution in [1.82, 2.24) is 0 Å². The molecule has 0 aliphatic carbocycles. The first kappa shape index (κ1) is 36.7. The lowest BCUT2D eigenvalue weighted by atomic mass is 10.1. The Morgan fingerprint density at radius 3 is 1.03 bits per heavy atom. The van der Waals surface area contributed by atoms with Crippen LogP contribution in [0.3, 0.4) is 0 Å². The molecular formula is C18H22F16O3Si. The molecule has 0 aromatic heterocycles. The molecule has 0 heterocycles. The van der Waals surface area contributed by atoms with Crippen molar-refractivity contribution in [1.29, 1.82) is 0 Å². The molecule has 0 rings (SSSR count). The molecule has 38 heavy (non-hydrogen) atoms. The third-order valence-corrected chi connectivity index (χ3v) is 7.20. The van der Waals surface area contributed by atoms with Crippen LogP contribution in [-0.4, -0.2) is 45.7 Å². The molecule has 0 bridgehead atoms. The predicted octanol–water partition coefficient (Wildman–Crippen LogP) is 9.43. The van der Waals surface area contributed by atoms with Gasteiger partial charge in [-0.15, -0.1) is 0 Å². The summed E-state index contributed by atoms with van der Waals surface area (Å²) in [5.74, 6) is 0. The van der Waals surface area contributed by atoms with Gasteiger partial charge in [-0.25, -0.2) is 4.39 Å². The minimum absolute atomic E-state index is 0.0180. The van der Waals surface area contributed by atoms with Crippen molar-refractivity contribution in [3.05, 3.63) is 12.4 Å². The number of hydrogen-bond donors (Lipinski definition) is 0. The summed E-state index contributed by atoms with van der Waals surface area (Å²) >= 11 is 0. The maximum absolute atomic E-state index is 13.4. The molecule has 0 spiro atoms. The van der Waals surface area contributed by atoms with Crippen LogP contribution < -0.4 is 0 Å². The Kier molecular flexibility index (Phi) is 13.4. The number of hydrogen-bond acceptors (Lipinski definition) is 3. The second kappa shape index (κ2) is 13.9. The minimum atomic E-state index is -7.57. The number of rotatable bonds is 17. The van der Waals surface area contributed by atoms with Crippen molar-refractivity contribution in [2.24, 2.45) is 0 Å². The number of unbranched alkanes of at least 4 members (excludes halogenated alkanes) is 8. The molecule has 0 atom stereocenters. The molecule has 0 amide bonds. The van der Waals surface area contributed by atoms with Crippen LogP contribution in [0.5, 0.6) is 0 Å². The van der Waals surface area contributed by atoms with Crippen molar-refractivity contribution in [2.75, 3.05) is 0 Å². The van der Waals surface area contributed by atoms with E-state index in [4.69, 9.17) is 0 Å². The van der Waals surface area contributed by atoms with Gasteiger partial charge < -0.3 is 13.3 Å². The third kappa shape index (κ3) is 11.8. The van der Waals surface area contributed by atoms with Crippen LogP contribution in [0.25, 0.3) is 0 Å². The number of halogens is 16. The van der Waals surface area contributed by atoms with E-state index in [0.29, 0.717) is 38.4 Å². The van der Waals surface area contributed by atoms with E-state index in [-0.39, 0.29) is 12.8 Å². The molecule has 0 radical (unpaired) electrons. The molecule has 20 heteroatoms. The molecule has 0 aromatic carbocycles. The first-order valence-electron chi connectivity index (χ1n) is 10.6. The fraction of sp³-hybridized carbons (Fsp3) is 0.889. The summed E-state index contributed by atoms with van der Waals surface area (Å²) in [5.41, 5.74) is 0. The van der Waals surface area contributed by atoms with Crippen molar-refractivity contribution in [3.63, 3.8) is 0 Å². The van der Waals surface area contributed by atoms with Gasteiger partial charge >= 0.3 is 45.7 Å². The lowest BCUT2D eigenvalue weighted by molar-refractivity contribution is -0.421. The quantitative estimate of drug-likeness (QED) is 0.0924. The van der Waals surface area contributed by atoms with E-state index in [2.05, 4.69) is 13.3 Å². The molecule has 0 unspecified atom stereocenters. The lowest BCUT2D eigenvalue weighted by Crippen LogP contribution is -2.63. The summed E-state index contributed by atoms with van der Waals surface area (Å²) in [5, 5.41) is 0. The first-order chi connectivity index (χ1) is 16.9. The van der Waals surface area contributed by atoms with Gasteiger partial charge in [0.05, 0.1) is 6.33 Å². The summed E-state index contributed by atoms with van der Waals surface area (Å²) in [7, 11) is -7.57. The standard InChI is InChI=1S/C18H22F16O3Si/c19-11-9-7-5-3-1-2-4-6-8-10-12-38(35-16(29,30)13(20,21)22,36-17(31,32)14(23,24)25)37-18(33,34)15(26,27)28/h9,11H,1-8,10,12H2. The van der Waals surface area contributed by atoms with E-state index >= 15 is 0 Å². The normalized spacial score (nSPS) is 15.1. The van der Waals surface area contributed by atoms with E-state index in [1.807, 2.05) is 0 Å². The van der Waals surface area contributed by atoms with Crippen LogP contribution in [0.4, 0.5) is 70.2 Å². The SMILES string of the molecule is FC=CCCCCCCCCCC[Si](OC(F)(F)C(F)(F)F)(OC(F)(F)C(F)(F)F)OC(F)(F)C(F)(F)F. The van der Waals surface area contributed by atoms with Gasteiger partial charge in [0.25, 0.3) is 0 Å². The highest BCUT2D eigenvalue weighted by molar-refractivity contribution is 6.61. The molecule has 0 saturated heterocycles. The maximum atomic E-state index is 13.4. The zero-order valence-electron chi connectivity index (χ0n) is 19.0. The monoisotopic (exact) mass is 618 g/mol. The Morgan fingerprint density at radius 2 is 0.737 bits per heavy atom. The molecule has 0 fully saturated rings. The van der Waals surface area contributed by atoms with Gasteiger partial charge in [0.15, 0.2) is 0 Å². The van der Waals surface area contributed by atoms with Gasteiger partial charge in [-0.2, -0.15) is 65.9 Å². The second-order valence-electron chi connectivity index (χ2n) is 7.76. The lowest BCUT2D eigenvalue weighted by Gasteiger charge is -2.38. The highest BCUT2D eigenvalue weighted by atomic mass is 28.4. The number of allylic oxidation sites excluding steroid dienone is 1. The van der Waals surface area contributed by atoms with Crippen molar-refractivity contribution >= 4 is 8.80 Å². The number of alkyl halides is 15. The van der Waals surface area contributed by atoms with E-state index in [1.165, 1.54) is 6.08 Å². The highest BCUT2D eigenvalue weighted by Gasteiger charge is 2.74. The summed E-state index contributed by atoms with van der Waals surface area (Å²) in [6.07, 6.45) is -38.4. The fourth-order valence-electron chi connectivity index (χ4n) is 2.70. The topological polar surface area (TPSA) is 27.7 Å². The minimum Gasteiger partial charge on any atom is -0.306 e. The summed E-state index contributed by atoms with van der Waals surface area (Å²) in [6.45, 7) is 0. The van der Waals surface area contributed by atoms with Crippen LogP contribution >= 0.6 is 0 Å². The summed E-state index contributed by atoms with van der Waals surface area (Å²) < 4.78 is 214. The smallest absolute Gasteiger partial charge is 0.306 e. The van der Waals surface area contributed by atoms with Gasteiger partial charge in [-0.3, -0.25) is 0 Å². The average molecular weight is 618 g/mol. The Balaban J connectivity index is 5.84. The van der Waals surface area contributed by atoms with Crippen LogP contribution in [-0.2, 0) is 13.3 Å². The molecule has 0 aromatic rings. The maximum Gasteiger partial charge on any atom is 0.514 e.